The molecule has 0 aliphatic carbocycles. The van der Waals surface area contributed by atoms with Crippen molar-refractivity contribution < 1.29 is 5.11 Å². The first-order valence-electron chi connectivity index (χ1n) is 4.41. The Labute approximate surface area is 78.8 Å². The molecule has 0 aliphatic rings. The van der Waals surface area contributed by atoms with Crippen molar-refractivity contribution in [1.82, 2.24) is 10.3 Å². The van der Waals surface area contributed by atoms with Crippen LogP contribution in [0, 0.1) is 0 Å². The zero-order valence-corrected chi connectivity index (χ0v) is 8.12. The Morgan fingerprint density at radius 1 is 1.46 bits per heavy atom. The van der Waals surface area contributed by atoms with Crippen LogP contribution in [-0.4, -0.2) is 22.2 Å². The van der Waals surface area contributed by atoms with Gasteiger partial charge in [0.05, 0.1) is 11.3 Å². The maximum absolute atomic E-state index is 9.41. The van der Waals surface area contributed by atoms with Crippen molar-refractivity contribution >= 4 is 0 Å². The Balaban J connectivity index is 2.29. The monoisotopic (exact) mass is 180 g/mol. The normalized spacial score (nSPS) is 11.6. The second kappa shape index (κ2) is 4.35. The molecule has 0 spiro atoms. The van der Waals surface area contributed by atoms with Crippen LogP contribution in [0.15, 0.2) is 24.4 Å². The molecule has 0 radical (unpaired) electrons. The fourth-order valence-electron chi connectivity index (χ4n) is 0.999. The molecule has 72 valence electrons. The van der Waals surface area contributed by atoms with E-state index in [-0.39, 0.29) is 0 Å². The number of pyridine rings is 1. The molecular weight excluding hydrogens is 164 g/mol. The Morgan fingerprint density at radius 3 is 2.77 bits per heavy atom. The largest absolute Gasteiger partial charge is 0.389 e. The van der Waals surface area contributed by atoms with E-state index in [1.165, 1.54) is 0 Å². The van der Waals surface area contributed by atoms with Crippen LogP contribution in [0.4, 0.5) is 0 Å². The molecule has 0 unspecified atom stereocenters. The topological polar surface area (TPSA) is 45.1 Å². The second-order valence-corrected chi connectivity index (χ2v) is 3.74. The quantitative estimate of drug-likeness (QED) is 0.725. The Bertz CT molecular complexity index is 241. The number of aliphatic hydroxyl groups is 1. The molecule has 2 N–H and O–H groups in total. The van der Waals surface area contributed by atoms with E-state index in [9.17, 15) is 5.11 Å². The van der Waals surface area contributed by atoms with E-state index >= 15 is 0 Å². The Kier molecular flexibility index (Phi) is 3.39. The predicted molar refractivity (Wildman–Crippen MR) is 52.2 cm³/mol. The van der Waals surface area contributed by atoms with Crippen LogP contribution in [0.2, 0.25) is 0 Å². The molecule has 0 saturated carbocycles. The highest BCUT2D eigenvalue weighted by Gasteiger charge is 2.10. The summed E-state index contributed by atoms with van der Waals surface area (Å²) in [5.74, 6) is 0. The summed E-state index contributed by atoms with van der Waals surface area (Å²) < 4.78 is 0. The first-order valence-corrected chi connectivity index (χ1v) is 4.41. The summed E-state index contributed by atoms with van der Waals surface area (Å²) in [6, 6.07) is 5.80. The van der Waals surface area contributed by atoms with Gasteiger partial charge in [-0.05, 0) is 26.0 Å². The van der Waals surface area contributed by atoms with E-state index in [2.05, 4.69) is 10.3 Å². The molecule has 0 atom stereocenters. The van der Waals surface area contributed by atoms with E-state index in [1.807, 2.05) is 18.2 Å². The lowest BCUT2D eigenvalue weighted by atomic mass is 10.1. The molecule has 13 heavy (non-hydrogen) atoms. The van der Waals surface area contributed by atoms with Crippen LogP contribution in [0.5, 0.6) is 0 Å². The zero-order valence-electron chi connectivity index (χ0n) is 8.12. The van der Waals surface area contributed by atoms with Gasteiger partial charge in [-0.25, -0.2) is 0 Å². The van der Waals surface area contributed by atoms with Gasteiger partial charge in [-0.3, -0.25) is 4.98 Å². The molecule has 0 aromatic carbocycles. The molecule has 1 aromatic rings. The number of rotatable bonds is 4. The van der Waals surface area contributed by atoms with E-state index in [0.717, 1.165) is 5.69 Å². The van der Waals surface area contributed by atoms with Crippen LogP contribution in [0.1, 0.15) is 19.5 Å². The van der Waals surface area contributed by atoms with Gasteiger partial charge in [-0.1, -0.05) is 6.07 Å². The maximum atomic E-state index is 9.41. The molecular formula is C10H16N2O. The highest BCUT2D eigenvalue weighted by molar-refractivity contribution is 5.02. The van der Waals surface area contributed by atoms with Gasteiger partial charge in [0.2, 0.25) is 0 Å². The van der Waals surface area contributed by atoms with Crippen molar-refractivity contribution in [3.8, 4) is 0 Å². The van der Waals surface area contributed by atoms with Crippen molar-refractivity contribution in [2.45, 2.75) is 26.0 Å². The highest BCUT2D eigenvalue weighted by Crippen LogP contribution is 1.98. The number of aromatic nitrogens is 1. The predicted octanol–water partition coefficient (Wildman–Crippen LogP) is 0.942. The standard InChI is InChI=1S/C10H16N2O/c1-10(2,13)8-11-7-9-5-3-4-6-12-9/h3-6,11,13H,7-8H2,1-2H3. The molecule has 0 aliphatic heterocycles. The second-order valence-electron chi connectivity index (χ2n) is 3.74. The molecule has 3 heteroatoms. The Hall–Kier alpha value is -0.930. The van der Waals surface area contributed by atoms with Gasteiger partial charge < -0.3 is 10.4 Å². The van der Waals surface area contributed by atoms with Crippen LogP contribution < -0.4 is 5.32 Å². The fourth-order valence-corrected chi connectivity index (χ4v) is 0.999. The highest BCUT2D eigenvalue weighted by atomic mass is 16.3. The van der Waals surface area contributed by atoms with E-state index in [1.54, 1.807) is 20.0 Å². The molecule has 0 bridgehead atoms. The van der Waals surface area contributed by atoms with Crippen LogP contribution in [-0.2, 0) is 6.54 Å². The van der Waals surface area contributed by atoms with Crippen molar-refractivity contribution in [2.24, 2.45) is 0 Å². The molecule has 3 nitrogen and oxygen atoms in total. The molecule has 1 heterocycles. The fraction of sp³-hybridized carbons (Fsp3) is 0.500. The van der Waals surface area contributed by atoms with E-state index in [0.29, 0.717) is 13.1 Å². The average molecular weight is 180 g/mol. The molecule has 1 aromatic heterocycles. The van der Waals surface area contributed by atoms with Crippen LogP contribution in [0.3, 0.4) is 0 Å². The van der Waals surface area contributed by atoms with Gasteiger partial charge in [0.1, 0.15) is 0 Å². The van der Waals surface area contributed by atoms with Crippen molar-refractivity contribution in [3.63, 3.8) is 0 Å². The van der Waals surface area contributed by atoms with Crippen molar-refractivity contribution in [1.29, 1.82) is 0 Å². The Morgan fingerprint density at radius 2 is 2.23 bits per heavy atom. The molecule has 0 amide bonds. The van der Waals surface area contributed by atoms with E-state index in [4.69, 9.17) is 0 Å². The number of hydrogen-bond donors (Lipinski definition) is 2. The van der Waals surface area contributed by atoms with Crippen LogP contribution in [0.25, 0.3) is 0 Å². The molecule has 0 saturated heterocycles. The molecule has 0 fully saturated rings. The lowest BCUT2D eigenvalue weighted by Crippen LogP contribution is -2.34. The lowest BCUT2D eigenvalue weighted by molar-refractivity contribution is 0.0794. The summed E-state index contributed by atoms with van der Waals surface area (Å²) >= 11 is 0. The minimum atomic E-state index is -0.658. The first kappa shape index (κ1) is 10.2. The third kappa shape index (κ3) is 4.60. The summed E-state index contributed by atoms with van der Waals surface area (Å²) in [7, 11) is 0. The summed E-state index contributed by atoms with van der Waals surface area (Å²) in [5, 5.41) is 12.5. The van der Waals surface area contributed by atoms with Gasteiger partial charge in [0, 0.05) is 19.3 Å². The van der Waals surface area contributed by atoms with Gasteiger partial charge in [-0.15, -0.1) is 0 Å². The van der Waals surface area contributed by atoms with E-state index < -0.39 is 5.60 Å². The minimum Gasteiger partial charge on any atom is -0.389 e. The van der Waals surface area contributed by atoms with Crippen molar-refractivity contribution in [2.75, 3.05) is 6.54 Å². The third-order valence-corrected chi connectivity index (χ3v) is 1.59. The van der Waals surface area contributed by atoms with Gasteiger partial charge in [-0.2, -0.15) is 0 Å². The summed E-state index contributed by atoms with van der Waals surface area (Å²) in [4.78, 5) is 4.15. The first-order chi connectivity index (χ1) is 6.08. The summed E-state index contributed by atoms with van der Waals surface area (Å²) in [6.07, 6.45) is 1.76. The SMILES string of the molecule is CC(C)(O)CNCc1ccccn1. The van der Waals surface area contributed by atoms with Crippen LogP contribution >= 0.6 is 0 Å². The third-order valence-electron chi connectivity index (χ3n) is 1.59. The number of nitrogens with zero attached hydrogens (tertiary/aromatic N) is 1. The molecule has 1 rings (SSSR count). The number of nitrogens with one attached hydrogen (secondary N) is 1. The minimum absolute atomic E-state index is 0.573. The smallest absolute Gasteiger partial charge is 0.0715 e. The summed E-state index contributed by atoms with van der Waals surface area (Å²) in [6.45, 7) is 4.82. The zero-order chi connectivity index (χ0) is 9.73. The lowest BCUT2D eigenvalue weighted by Gasteiger charge is -2.17. The van der Waals surface area contributed by atoms with Gasteiger partial charge >= 0.3 is 0 Å². The maximum Gasteiger partial charge on any atom is 0.0715 e. The average Bonchev–Trinajstić information content (AvgIpc) is 2.04. The van der Waals surface area contributed by atoms with Crippen molar-refractivity contribution in [3.05, 3.63) is 30.1 Å². The number of hydrogen-bond acceptors (Lipinski definition) is 3. The van der Waals surface area contributed by atoms with Gasteiger partial charge in [0.15, 0.2) is 0 Å². The summed E-state index contributed by atoms with van der Waals surface area (Å²) in [5.41, 5.74) is 0.334. The van der Waals surface area contributed by atoms with Gasteiger partial charge in [0.25, 0.3) is 0 Å².